The second-order valence-electron chi connectivity index (χ2n) is 8.36. The van der Waals surface area contributed by atoms with Crippen LogP contribution in [-0.4, -0.2) is 44.7 Å². The molecule has 0 radical (unpaired) electrons. The number of hydrogen-bond donors (Lipinski definition) is 0. The Morgan fingerprint density at radius 3 is 2.60 bits per heavy atom. The lowest BCUT2D eigenvalue weighted by molar-refractivity contribution is -0.154. The van der Waals surface area contributed by atoms with E-state index < -0.39 is 33.0 Å². The Labute approximate surface area is 197 Å². The summed E-state index contributed by atoms with van der Waals surface area (Å²) in [5.74, 6) is -2.02. The molecule has 3 aromatic rings. The smallest absolute Gasteiger partial charge is 0.453 e. The normalized spacial score (nSPS) is 19.8. The van der Waals surface area contributed by atoms with Gasteiger partial charge in [0.25, 0.3) is 5.76 Å². The molecule has 2 aliphatic heterocycles. The van der Waals surface area contributed by atoms with Gasteiger partial charge < -0.3 is 18.6 Å². The second kappa shape index (κ2) is 8.45. The molecular weight excluding hydrogens is 491 g/mol. The average molecular weight is 511 g/mol. The van der Waals surface area contributed by atoms with E-state index in [1.54, 1.807) is 11.0 Å². The molecule has 35 heavy (non-hydrogen) atoms. The lowest BCUT2D eigenvalue weighted by Crippen LogP contribution is -2.41. The molecule has 2 aromatic carbocycles. The van der Waals surface area contributed by atoms with Crippen LogP contribution in [0.2, 0.25) is 0 Å². The van der Waals surface area contributed by atoms with Crippen LogP contribution < -0.4 is 19.6 Å². The Morgan fingerprint density at radius 1 is 1.14 bits per heavy atom. The highest BCUT2D eigenvalue weighted by atomic mass is 32.2. The second-order valence-corrected chi connectivity index (χ2v) is 10.6. The fraction of sp³-hybridized carbons (Fsp3) is 0.348. The van der Waals surface area contributed by atoms with Gasteiger partial charge in [0.2, 0.25) is 11.2 Å². The Balaban J connectivity index is 1.61. The topological polar surface area (TPSA) is 95.3 Å². The molecule has 1 saturated heterocycles. The van der Waals surface area contributed by atoms with Crippen LogP contribution in [0, 0.1) is 0 Å². The van der Waals surface area contributed by atoms with Crippen LogP contribution in [0.1, 0.15) is 17.7 Å². The van der Waals surface area contributed by atoms with Crippen LogP contribution >= 0.6 is 0 Å². The van der Waals surface area contributed by atoms with E-state index in [1.807, 2.05) is 0 Å². The van der Waals surface area contributed by atoms with E-state index in [4.69, 9.17) is 18.6 Å². The SMILES string of the molecule is COc1cccc(Oc2c(C(F)(F)F)oc3c4c(ccc3c2=O)OCN(C2CCS(=O)(=O)C2)C4)c1. The van der Waals surface area contributed by atoms with Gasteiger partial charge in [-0.1, -0.05) is 6.07 Å². The van der Waals surface area contributed by atoms with Gasteiger partial charge in [0.05, 0.1) is 29.6 Å². The molecule has 0 spiro atoms. The number of sulfone groups is 1. The Bertz CT molecular complexity index is 1470. The molecule has 2 aliphatic rings. The van der Waals surface area contributed by atoms with Crippen LogP contribution in [0.15, 0.2) is 45.6 Å². The van der Waals surface area contributed by atoms with E-state index in [-0.39, 0.29) is 58.9 Å². The van der Waals surface area contributed by atoms with E-state index in [9.17, 15) is 26.4 Å². The number of alkyl halides is 3. The van der Waals surface area contributed by atoms with Crippen molar-refractivity contribution in [3.8, 4) is 23.0 Å². The third kappa shape index (κ3) is 4.43. The van der Waals surface area contributed by atoms with E-state index in [0.717, 1.165) is 0 Å². The zero-order valence-electron chi connectivity index (χ0n) is 18.4. The molecule has 1 atom stereocenters. The average Bonchev–Trinajstić information content (AvgIpc) is 3.19. The number of methoxy groups -OCH3 is 1. The maximum absolute atomic E-state index is 14.0. The summed E-state index contributed by atoms with van der Waals surface area (Å²) in [6, 6.07) is 8.30. The zero-order valence-corrected chi connectivity index (χ0v) is 19.2. The predicted octanol–water partition coefficient (Wildman–Crippen LogP) is 3.95. The monoisotopic (exact) mass is 511 g/mol. The van der Waals surface area contributed by atoms with Gasteiger partial charge in [-0.25, -0.2) is 8.42 Å². The lowest BCUT2D eigenvalue weighted by Gasteiger charge is -2.33. The molecule has 1 unspecified atom stereocenters. The van der Waals surface area contributed by atoms with Crippen molar-refractivity contribution in [3.63, 3.8) is 0 Å². The van der Waals surface area contributed by atoms with Gasteiger partial charge in [-0.2, -0.15) is 13.2 Å². The first-order chi connectivity index (χ1) is 16.6. The minimum atomic E-state index is -5.03. The lowest BCUT2D eigenvalue weighted by atomic mass is 10.1. The van der Waals surface area contributed by atoms with Gasteiger partial charge in [-0.05, 0) is 30.7 Å². The highest BCUT2D eigenvalue weighted by molar-refractivity contribution is 7.91. The summed E-state index contributed by atoms with van der Waals surface area (Å²) in [5, 5.41) is -0.112. The minimum absolute atomic E-state index is 0.0311. The standard InChI is InChI=1S/C23H20F3NO7S/c1-31-14-3-2-4-15(9-14)33-21-19(28)16-5-6-18-17(20(16)34-22(21)23(24,25)26)10-27(12-32-18)13-7-8-35(29,30)11-13/h2-6,9,13H,7-8,10-12H2,1H3. The maximum Gasteiger partial charge on any atom is 0.453 e. The molecule has 1 fully saturated rings. The first-order valence-electron chi connectivity index (χ1n) is 10.6. The van der Waals surface area contributed by atoms with Gasteiger partial charge in [0, 0.05) is 18.7 Å². The van der Waals surface area contributed by atoms with Gasteiger partial charge in [0.1, 0.15) is 29.6 Å². The van der Waals surface area contributed by atoms with Crippen LogP contribution in [0.5, 0.6) is 23.0 Å². The van der Waals surface area contributed by atoms with Gasteiger partial charge in [-0.3, -0.25) is 9.69 Å². The molecule has 1 aromatic heterocycles. The van der Waals surface area contributed by atoms with E-state index in [2.05, 4.69) is 0 Å². The molecule has 5 rings (SSSR count). The third-order valence-corrected chi connectivity index (χ3v) is 7.82. The van der Waals surface area contributed by atoms with E-state index in [1.165, 1.54) is 37.4 Å². The van der Waals surface area contributed by atoms with Crippen molar-refractivity contribution in [3.05, 3.63) is 57.9 Å². The van der Waals surface area contributed by atoms with Crippen LogP contribution in [0.3, 0.4) is 0 Å². The summed E-state index contributed by atoms with van der Waals surface area (Å²) < 4.78 is 87.2. The van der Waals surface area contributed by atoms with Crippen molar-refractivity contribution in [1.82, 2.24) is 4.90 Å². The molecule has 12 heteroatoms. The number of fused-ring (bicyclic) bond motifs is 3. The number of hydrogen-bond acceptors (Lipinski definition) is 8. The molecule has 3 heterocycles. The summed E-state index contributed by atoms with van der Waals surface area (Å²) >= 11 is 0. The molecular formula is C23H20F3NO7S. The minimum Gasteiger partial charge on any atom is -0.497 e. The van der Waals surface area contributed by atoms with Gasteiger partial charge >= 0.3 is 6.18 Å². The van der Waals surface area contributed by atoms with E-state index >= 15 is 0 Å². The molecule has 0 amide bonds. The quantitative estimate of drug-likeness (QED) is 0.520. The molecule has 8 nitrogen and oxygen atoms in total. The van der Waals surface area contributed by atoms with Crippen molar-refractivity contribution < 1.29 is 40.2 Å². The molecule has 0 bridgehead atoms. The first kappa shape index (κ1) is 23.5. The largest absolute Gasteiger partial charge is 0.497 e. The summed E-state index contributed by atoms with van der Waals surface area (Å²) in [7, 11) is -1.79. The van der Waals surface area contributed by atoms with Crippen LogP contribution in [-0.2, 0) is 22.6 Å². The van der Waals surface area contributed by atoms with E-state index in [0.29, 0.717) is 12.2 Å². The Hall–Kier alpha value is -3.25. The van der Waals surface area contributed by atoms with Crippen LogP contribution in [0.4, 0.5) is 13.2 Å². The van der Waals surface area contributed by atoms with Crippen molar-refractivity contribution in [2.24, 2.45) is 0 Å². The molecule has 0 N–H and O–H groups in total. The fourth-order valence-electron chi connectivity index (χ4n) is 4.32. The number of nitrogens with zero attached hydrogens (tertiary/aromatic N) is 1. The highest BCUT2D eigenvalue weighted by Crippen LogP contribution is 2.41. The van der Waals surface area contributed by atoms with Gasteiger partial charge in [0.15, 0.2) is 9.84 Å². The maximum atomic E-state index is 14.0. The molecule has 0 saturated carbocycles. The summed E-state index contributed by atoms with van der Waals surface area (Å²) in [5.41, 5.74) is -1.03. The number of ether oxygens (including phenoxy) is 3. The highest BCUT2D eigenvalue weighted by Gasteiger charge is 2.42. The number of benzene rings is 2. The number of halogens is 3. The Kier molecular flexibility index (Phi) is 5.67. The van der Waals surface area contributed by atoms with Gasteiger partial charge in [-0.15, -0.1) is 0 Å². The zero-order chi connectivity index (χ0) is 25.0. The van der Waals surface area contributed by atoms with Crippen LogP contribution in [0.25, 0.3) is 11.0 Å². The molecule has 0 aliphatic carbocycles. The summed E-state index contributed by atoms with van der Waals surface area (Å²) in [6.45, 7) is 0.148. The summed E-state index contributed by atoms with van der Waals surface area (Å²) in [6.07, 6.45) is -4.64. The fourth-order valence-corrected chi connectivity index (χ4v) is 6.09. The van der Waals surface area contributed by atoms with Crippen molar-refractivity contribution in [2.45, 2.75) is 25.2 Å². The number of rotatable bonds is 4. The Morgan fingerprint density at radius 2 is 1.91 bits per heavy atom. The van der Waals surface area contributed by atoms with Crippen molar-refractivity contribution in [1.29, 1.82) is 0 Å². The predicted molar refractivity (Wildman–Crippen MR) is 119 cm³/mol. The van der Waals surface area contributed by atoms with Crippen molar-refractivity contribution in [2.75, 3.05) is 25.3 Å². The first-order valence-corrected chi connectivity index (χ1v) is 12.5. The van der Waals surface area contributed by atoms with Crippen molar-refractivity contribution >= 4 is 20.8 Å². The summed E-state index contributed by atoms with van der Waals surface area (Å²) in [4.78, 5) is 14.9. The molecule has 186 valence electrons. The third-order valence-electron chi connectivity index (χ3n) is 6.07.